The number of hydrogen-bond acceptors (Lipinski definition) is 5. The standard InChI is InChI=1S/C9H10ClN3O2S2/c1-7-8(16-6-12-7)2-3-13-4-9(11-5-13)17(10,14)15/h4-6H,2-3H2,1H3. The molecule has 0 aliphatic heterocycles. The molecule has 2 aromatic heterocycles. The van der Waals surface area contributed by atoms with Gasteiger partial charge in [0.25, 0.3) is 9.05 Å². The first-order chi connectivity index (χ1) is 7.97. The van der Waals surface area contributed by atoms with Gasteiger partial charge in [0.15, 0.2) is 5.03 Å². The highest BCUT2D eigenvalue weighted by molar-refractivity contribution is 8.13. The quantitative estimate of drug-likeness (QED) is 0.806. The SMILES string of the molecule is Cc1ncsc1CCn1cnc(S(=O)(=O)Cl)c1. The smallest absolute Gasteiger partial charge is 0.280 e. The van der Waals surface area contributed by atoms with E-state index in [2.05, 4.69) is 9.97 Å². The highest BCUT2D eigenvalue weighted by Crippen LogP contribution is 2.15. The number of aryl methyl sites for hydroxylation is 3. The molecule has 0 radical (unpaired) electrons. The van der Waals surface area contributed by atoms with Crippen molar-refractivity contribution in [3.63, 3.8) is 0 Å². The van der Waals surface area contributed by atoms with Crippen LogP contribution < -0.4 is 0 Å². The molecule has 0 amide bonds. The minimum Gasteiger partial charge on any atom is -0.336 e. The van der Waals surface area contributed by atoms with E-state index in [0.717, 1.165) is 12.1 Å². The van der Waals surface area contributed by atoms with E-state index < -0.39 is 9.05 Å². The molecule has 0 aliphatic carbocycles. The number of halogens is 1. The third-order valence-corrected chi connectivity index (χ3v) is 4.48. The molecule has 2 aromatic rings. The Balaban J connectivity index is 2.06. The van der Waals surface area contributed by atoms with E-state index in [1.54, 1.807) is 21.4 Å². The van der Waals surface area contributed by atoms with E-state index >= 15 is 0 Å². The summed E-state index contributed by atoms with van der Waals surface area (Å²) in [6.07, 6.45) is 3.69. The zero-order valence-corrected chi connectivity index (χ0v) is 11.4. The predicted octanol–water partition coefficient (Wildman–Crippen LogP) is 1.82. The molecule has 0 spiro atoms. The fourth-order valence-corrected chi connectivity index (χ4v) is 2.83. The van der Waals surface area contributed by atoms with Crippen LogP contribution in [-0.4, -0.2) is 23.0 Å². The molecule has 0 saturated heterocycles. The van der Waals surface area contributed by atoms with Crippen LogP contribution in [0.4, 0.5) is 0 Å². The zero-order chi connectivity index (χ0) is 12.5. The summed E-state index contributed by atoms with van der Waals surface area (Å²) in [5.41, 5.74) is 2.81. The second-order valence-corrected chi connectivity index (χ2v) is 6.95. The second-order valence-electron chi connectivity index (χ2n) is 3.50. The van der Waals surface area contributed by atoms with Crippen LogP contribution in [0, 0.1) is 6.92 Å². The molecule has 0 fully saturated rings. The van der Waals surface area contributed by atoms with Crippen molar-refractivity contribution < 1.29 is 8.42 Å². The Morgan fingerprint density at radius 2 is 2.24 bits per heavy atom. The van der Waals surface area contributed by atoms with Crippen LogP contribution in [0.5, 0.6) is 0 Å². The topological polar surface area (TPSA) is 64.8 Å². The van der Waals surface area contributed by atoms with E-state index in [9.17, 15) is 8.42 Å². The number of rotatable bonds is 4. The van der Waals surface area contributed by atoms with Crippen molar-refractivity contribution >= 4 is 31.1 Å². The van der Waals surface area contributed by atoms with Gasteiger partial charge in [0.2, 0.25) is 0 Å². The normalized spacial score (nSPS) is 11.9. The molecular weight excluding hydrogens is 282 g/mol. The van der Waals surface area contributed by atoms with Crippen molar-refractivity contribution in [2.45, 2.75) is 24.9 Å². The summed E-state index contributed by atoms with van der Waals surface area (Å²) in [5, 5.41) is -0.111. The van der Waals surface area contributed by atoms with Crippen LogP contribution in [-0.2, 0) is 22.0 Å². The van der Waals surface area contributed by atoms with Crippen molar-refractivity contribution in [3.8, 4) is 0 Å². The Hall–Kier alpha value is -0.920. The van der Waals surface area contributed by atoms with Gasteiger partial charge in [-0.1, -0.05) is 0 Å². The molecule has 0 atom stereocenters. The maximum absolute atomic E-state index is 11.0. The minimum absolute atomic E-state index is 0.111. The summed E-state index contributed by atoms with van der Waals surface area (Å²) in [4.78, 5) is 9.08. The van der Waals surface area contributed by atoms with Crippen molar-refractivity contribution in [2.24, 2.45) is 0 Å². The molecule has 5 nitrogen and oxygen atoms in total. The van der Waals surface area contributed by atoms with Crippen LogP contribution >= 0.6 is 22.0 Å². The Morgan fingerprint density at radius 1 is 1.47 bits per heavy atom. The largest absolute Gasteiger partial charge is 0.336 e. The third kappa shape index (κ3) is 3.05. The monoisotopic (exact) mass is 291 g/mol. The van der Waals surface area contributed by atoms with Gasteiger partial charge in [-0.2, -0.15) is 0 Å². The summed E-state index contributed by atoms with van der Waals surface area (Å²) in [6.45, 7) is 2.61. The summed E-state index contributed by atoms with van der Waals surface area (Å²) in [6, 6.07) is 0. The lowest BCUT2D eigenvalue weighted by molar-refractivity contribution is 0.606. The Bertz CT molecular complexity index is 618. The lowest BCUT2D eigenvalue weighted by atomic mass is 10.3. The van der Waals surface area contributed by atoms with Gasteiger partial charge >= 0.3 is 0 Å². The van der Waals surface area contributed by atoms with Crippen LogP contribution in [0.2, 0.25) is 0 Å². The van der Waals surface area contributed by atoms with Crippen LogP contribution in [0.15, 0.2) is 23.1 Å². The van der Waals surface area contributed by atoms with E-state index in [-0.39, 0.29) is 5.03 Å². The van der Waals surface area contributed by atoms with Crippen molar-refractivity contribution in [1.82, 2.24) is 14.5 Å². The number of thiazole rings is 1. The maximum Gasteiger partial charge on any atom is 0.280 e. The molecule has 0 bridgehead atoms. The molecule has 2 rings (SSSR count). The molecule has 0 aromatic carbocycles. The molecule has 0 N–H and O–H groups in total. The van der Waals surface area contributed by atoms with E-state index in [1.807, 2.05) is 6.92 Å². The van der Waals surface area contributed by atoms with Crippen LogP contribution in [0.25, 0.3) is 0 Å². The first-order valence-electron chi connectivity index (χ1n) is 4.82. The number of aromatic nitrogens is 3. The Morgan fingerprint density at radius 3 is 2.76 bits per heavy atom. The molecule has 92 valence electrons. The summed E-state index contributed by atoms with van der Waals surface area (Å²) in [7, 11) is 1.45. The number of hydrogen-bond donors (Lipinski definition) is 0. The maximum atomic E-state index is 11.0. The van der Waals surface area contributed by atoms with Gasteiger partial charge in [-0.05, 0) is 6.92 Å². The van der Waals surface area contributed by atoms with Gasteiger partial charge in [0.05, 0.1) is 17.5 Å². The van der Waals surface area contributed by atoms with E-state index in [0.29, 0.717) is 6.54 Å². The summed E-state index contributed by atoms with van der Waals surface area (Å²) < 4.78 is 23.7. The average Bonchev–Trinajstić information content (AvgIpc) is 2.82. The highest BCUT2D eigenvalue weighted by Gasteiger charge is 2.13. The van der Waals surface area contributed by atoms with Gasteiger partial charge in [-0.25, -0.2) is 18.4 Å². The lowest BCUT2D eigenvalue weighted by Crippen LogP contribution is -1.98. The van der Waals surface area contributed by atoms with Crippen LogP contribution in [0.3, 0.4) is 0 Å². The Labute approximate surface area is 108 Å². The van der Waals surface area contributed by atoms with Crippen LogP contribution in [0.1, 0.15) is 10.6 Å². The van der Waals surface area contributed by atoms with E-state index in [1.165, 1.54) is 17.4 Å². The number of nitrogens with zero attached hydrogens (tertiary/aromatic N) is 3. The van der Waals surface area contributed by atoms with Crippen molar-refractivity contribution in [3.05, 3.63) is 28.6 Å². The van der Waals surface area contributed by atoms with Gasteiger partial charge in [0, 0.05) is 34.7 Å². The third-order valence-electron chi connectivity index (χ3n) is 2.30. The Kier molecular flexibility index (Phi) is 3.50. The average molecular weight is 292 g/mol. The van der Waals surface area contributed by atoms with Gasteiger partial charge in [0.1, 0.15) is 0 Å². The molecule has 2 heterocycles. The summed E-state index contributed by atoms with van der Waals surface area (Å²) >= 11 is 1.59. The predicted molar refractivity (Wildman–Crippen MR) is 65.8 cm³/mol. The van der Waals surface area contributed by atoms with Gasteiger partial charge in [-0.15, -0.1) is 11.3 Å². The molecule has 17 heavy (non-hydrogen) atoms. The molecule has 0 aliphatic rings. The highest BCUT2D eigenvalue weighted by atomic mass is 35.7. The molecule has 8 heteroatoms. The fourth-order valence-electron chi connectivity index (χ4n) is 1.38. The van der Waals surface area contributed by atoms with Crippen molar-refractivity contribution in [1.29, 1.82) is 0 Å². The molecule has 0 unspecified atom stereocenters. The molecular formula is C9H10ClN3O2S2. The second kappa shape index (κ2) is 4.75. The van der Waals surface area contributed by atoms with Crippen molar-refractivity contribution in [2.75, 3.05) is 0 Å². The lowest BCUT2D eigenvalue weighted by Gasteiger charge is -2.00. The summed E-state index contributed by atoms with van der Waals surface area (Å²) in [5.74, 6) is 0. The first-order valence-corrected chi connectivity index (χ1v) is 8.01. The number of imidazole rings is 1. The van der Waals surface area contributed by atoms with Gasteiger partial charge in [-0.3, -0.25) is 0 Å². The fraction of sp³-hybridized carbons (Fsp3) is 0.333. The molecule has 0 saturated carbocycles. The first kappa shape index (κ1) is 12.5. The van der Waals surface area contributed by atoms with E-state index in [4.69, 9.17) is 10.7 Å². The minimum atomic E-state index is -3.73. The zero-order valence-electron chi connectivity index (χ0n) is 9.00. The van der Waals surface area contributed by atoms with Gasteiger partial charge < -0.3 is 4.57 Å².